The van der Waals surface area contributed by atoms with E-state index in [0.717, 1.165) is 0 Å². The fourth-order valence-corrected chi connectivity index (χ4v) is 1.68. The lowest BCUT2D eigenvalue weighted by atomic mass is 9.92. The molecule has 1 aliphatic rings. The van der Waals surface area contributed by atoms with Crippen LogP contribution in [0.5, 0.6) is 0 Å². The van der Waals surface area contributed by atoms with E-state index in [1.807, 2.05) is 14.0 Å². The topological polar surface area (TPSA) is 32.3 Å². The van der Waals surface area contributed by atoms with Crippen LogP contribution in [-0.4, -0.2) is 30.1 Å². The Morgan fingerprint density at radius 2 is 1.92 bits per heavy atom. The van der Waals surface area contributed by atoms with E-state index in [4.69, 9.17) is 0 Å². The summed E-state index contributed by atoms with van der Waals surface area (Å²) >= 11 is 0. The highest BCUT2D eigenvalue weighted by molar-refractivity contribution is 5.83. The van der Waals surface area contributed by atoms with Crippen molar-refractivity contribution in [2.75, 3.05) is 7.05 Å². The molecule has 3 heteroatoms. The quantitative estimate of drug-likeness (QED) is 0.583. The van der Waals surface area contributed by atoms with Crippen molar-refractivity contribution < 1.29 is 4.79 Å². The minimum atomic E-state index is -0.0285. The van der Waals surface area contributed by atoms with Crippen molar-refractivity contribution >= 4 is 5.91 Å². The Hall–Kier alpha value is -0.570. The third-order valence-electron chi connectivity index (χ3n) is 2.33. The second kappa shape index (κ2) is 2.73. The van der Waals surface area contributed by atoms with Gasteiger partial charge in [-0.3, -0.25) is 10.1 Å². The first-order chi connectivity index (χ1) is 5.34. The molecule has 2 atom stereocenters. The predicted molar refractivity (Wildman–Crippen MR) is 48.6 cm³/mol. The molecular weight excluding hydrogens is 152 g/mol. The summed E-state index contributed by atoms with van der Waals surface area (Å²) in [4.78, 5) is 13.2. The molecular formula is C9H18N2O. The molecule has 1 rings (SSSR count). The van der Waals surface area contributed by atoms with Crippen molar-refractivity contribution in [3.05, 3.63) is 0 Å². The van der Waals surface area contributed by atoms with Crippen LogP contribution in [0.15, 0.2) is 0 Å². The molecule has 0 bridgehead atoms. The van der Waals surface area contributed by atoms with Crippen LogP contribution in [0.2, 0.25) is 0 Å². The van der Waals surface area contributed by atoms with Gasteiger partial charge >= 0.3 is 0 Å². The predicted octanol–water partition coefficient (Wildman–Crippen LogP) is 0.809. The van der Waals surface area contributed by atoms with Gasteiger partial charge in [0.15, 0.2) is 0 Å². The van der Waals surface area contributed by atoms with Gasteiger partial charge in [-0.05, 0) is 12.3 Å². The zero-order valence-electron chi connectivity index (χ0n) is 8.51. The average Bonchev–Trinajstić information content (AvgIpc) is 2.15. The molecule has 1 amide bonds. The zero-order chi connectivity index (χ0) is 9.52. The van der Waals surface area contributed by atoms with Crippen molar-refractivity contribution in [1.29, 1.82) is 0 Å². The van der Waals surface area contributed by atoms with Crippen LogP contribution < -0.4 is 5.32 Å². The molecule has 1 saturated heterocycles. The van der Waals surface area contributed by atoms with Gasteiger partial charge in [0.2, 0.25) is 5.91 Å². The van der Waals surface area contributed by atoms with Gasteiger partial charge in [0.05, 0.1) is 12.2 Å². The Balaban J connectivity index is 2.78. The van der Waals surface area contributed by atoms with Gasteiger partial charge in [-0.15, -0.1) is 0 Å². The number of hydrogen-bond acceptors (Lipinski definition) is 2. The van der Waals surface area contributed by atoms with Gasteiger partial charge in [0, 0.05) is 7.05 Å². The van der Waals surface area contributed by atoms with Gasteiger partial charge in [-0.1, -0.05) is 20.8 Å². The van der Waals surface area contributed by atoms with Crippen LogP contribution in [0.1, 0.15) is 27.7 Å². The number of nitrogens with zero attached hydrogens (tertiary/aromatic N) is 1. The van der Waals surface area contributed by atoms with Gasteiger partial charge < -0.3 is 4.90 Å². The van der Waals surface area contributed by atoms with E-state index in [2.05, 4.69) is 26.1 Å². The summed E-state index contributed by atoms with van der Waals surface area (Å²) in [6, 6.07) is -0.0285. The number of rotatable bonds is 0. The average molecular weight is 170 g/mol. The normalized spacial score (nSPS) is 31.4. The zero-order valence-corrected chi connectivity index (χ0v) is 8.51. The van der Waals surface area contributed by atoms with E-state index >= 15 is 0 Å². The van der Waals surface area contributed by atoms with E-state index in [0.29, 0.717) is 0 Å². The SMILES string of the molecule is C[C@@H]1NC(C(C)(C)C)N(C)C1=O. The van der Waals surface area contributed by atoms with Crippen LogP contribution in [0, 0.1) is 5.41 Å². The van der Waals surface area contributed by atoms with Gasteiger partial charge in [0.1, 0.15) is 0 Å². The van der Waals surface area contributed by atoms with Gasteiger partial charge in [-0.2, -0.15) is 0 Å². The van der Waals surface area contributed by atoms with Crippen molar-refractivity contribution in [2.24, 2.45) is 5.41 Å². The van der Waals surface area contributed by atoms with Crippen molar-refractivity contribution in [1.82, 2.24) is 10.2 Å². The van der Waals surface area contributed by atoms with Crippen LogP contribution in [0.25, 0.3) is 0 Å². The molecule has 0 radical (unpaired) electrons. The van der Waals surface area contributed by atoms with E-state index in [1.165, 1.54) is 0 Å². The Kier molecular flexibility index (Phi) is 2.17. The first kappa shape index (κ1) is 9.52. The maximum atomic E-state index is 11.4. The van der Waals surface area contributed by atoms with Crippen LogP contribution in [0.3, 0.4) is 0 Å². The summed E-state index contributed by atoms with van der Waals surface area (Å²) in [5.41, 5.74) is 0.106. The second-order valence-electron chi connectivity index (χ2n) is 4.61. The van der Waals surface area contributed by atoms with Crippen LogP contribution in [0.4, 0.5) is 0 Å². The number of amides is 1. The molecule has 0 spiro atoms. The highest BCUT2D eigenvalue weighted by Gasteiger charge is 2.39. The first-order valence-electron chi connectivity index (χ1n) is 4.37. The number of carbonyl (C=O) groups is 1. The van der Waals surface area contributed by atoms with E-state index < -0.39 is 0 Å². The Morgan fingerprint density at radius 1 is 1.42 bits per heavy atom. The third-order valence-corrected chi connectivity index (χ3v) is 2.33. The Bertz CT molecular complexity index is 195. The molecule has 12 heavy (non-hydrogen) atoms. The maximum absolute atomic E-state index is 11.4. The Labute approximate surface area is 74.1 Å². The van der Waals surface area contributed by atoms with Crippen molar-refractivity contribution in [3.8, 4) is 0 Å². The lowest BCUT2D eigenvalue weighted by Crippen LogP contribution is -2.45. The number of carbonyl (C=O) groups excluding carboxylic acids is 1. The molecule has 1 heterocycles. The lowest BCUT2D eigenvalue weighted by molar-refractivity contribution is -0.129. The highest BCUT2D eigenvalue weighted by atomic mass is 16.2. The fraction of sp³-hybridized carbons (Fsp3) is 0.889. The molecule has 1 unspecified atom stereocenters. The molecule has 3 nitrogen and oxygen atoms in total. The van der Waals surface area contributed by atoms with Crippen LogP contribution >= 0.6 is 0 Å². The molecule has 0 aliphatic carbocycles. The summed E-state index contributed by atoms with van der Waals surface area (Å²) in [5.74, 6) is 0.190. The number of nitrogens with one attached hydrogen (secondary N) is 1. The lowest BCUT2D eigenvalue weighted by Gasteiger charge is -2.32. The first-order valence-corrected chi connectivity index (χ1v) is 4.37. The van der Waals surface area contributed by atoms with Gasteiger partial charge in [-0.25, -0.2) is 0 Å². The summed E-state index contributed by atoms with van der Waals surface area (Å²) in [7, 11) is 1.86. The van der Waals surface area contributed by atoms with Crippen molar-refractivity contribution in [2.45, 2.75) is 39.9 Å². The maximum Gasteiger partial charge on any atom is 0.240 e. The largest absolute Gasteiger partial charge is 0.328 e. The van der Waals surface area contributed by atoms with E-state index in [-0.39, 0.29) is 23.5 Å². The molecule has 1 N–H and O–H groups in total. The van der Waals surface area contributed by atoms with Crippen molar-refractivity contribution in [3.63, 3.8) is 0 Å². The van der Waals surface area contributed by atoms with Crippen LogP contribution in [-0.2, 0) is 4.79 Å². The van der Waals surface area contributed by atoms with E-state index in [1.54, 1.807) is 4.90 Å². The summed E-state index contributed by atoms with van der Waals surface area (Å²) in [6.07, 6.45) is 0.167. The molecule has 70 valence electrons. The molecule has 1 aliphatic heterocycles. The Morgan fingerprint density at radius 3 is 2.08 bits per heavy atom. The second-order valence-corrected chi connectivity index (χ2v) is 4.61. The summed E-state index contributed by atoms with van der Waals surface area (Å²) in [6.45, 7) is 8.30. The standard InChI is InChI=1S/C9H18N2O/c1-6-7(12)11(5)8(10-6)9(2,3)4/h6,8,10H,1-5H3/t6-,8?/m0/s1. The number of likely N-dealkylation sites (N-methyl/N-ethyl adjacent to an activating group) is 1. The molecule has 0 aromatic rings. The van der Waals surface area contributed by atoms with Gasteiger partial charge in [0.25, 0.3) is 0 Å². The molecule has 0 aromatic carbocycles. The minimum Gasteiger partial charge on any atom is -0.328 e. The highest BCUT2D eigenvalue weighted by Crippen LogP contribution is 2.25. The fourth-order valence-electron chi connectivity index (χ4n) is 1.68. The number of hydrogen-bond donors (Lipinski definition) is 1. The molecule has 1 fully saturated rings. The smallest absolute Gasteiger partial charge is 0.240 e. The van der Waals surface area contributed by atoms with E-state index in [9.17, 15) is 4.79 Å². The minimum absolute atomic E-state index is 0.0285. The monoisotopic (exact) mass is 170 g/mol. The third kappa shape index (κ3) is 1.46. The summed E-state index contributed by atoms with van der Waals surface area (Å²) in [5, 5.41) is 3.27. The molecule has 0 aromatic heterocycles. The summed E-state index contributed by atoms with van der Waals surface area (Å²) < 4.78 is 0. The molecule has 0 saturated carbocycles.